The highest BCUT2D eigenvalue weighted by molar-refractivity contribution is 5.36. The number of halogens is 3. The van der Waals surface area contributed by atoms with Gasteiger partial charge in [-0.05, 0) is 51.7 Å². The molecule has 136 valence electrons. The zero-order valence-electron chi connectivity index (χ0n) is 14.6. The normalized spacial score (nSPS) is 21.5. The van der Waals surface area contributed by atoms with Crippen LogP contribution < -0.4 is 5.32 Å². The van der Waals surface area contributed by atoms with Crippen molar-refractivity contribution in [2.75, 3.05) is 0 Å². The molecule has 1 aliphatic rings. The van der Waals surface area contributed by atoms with Gasteiger partial charge in [-0.25, -0.2) is 4.68 Å². The second-order valence-electron chi connectivity index (χ2n) is 6.87. The Morgan fingerprint density at radius 1 is 1.08 bits per heavy atom. The molecule has 0 radical (unpaired) electrons. The minimum absolute atomic E-state index is 0.150. The van der Waals surface area contributed by atoms with Crippen LogP contribution in [-0.2, 0) is 6.54 Å². The van der Waals surface area contributed by atoms with E-state index in [1.165, 1.54) is 0 Å². The molecule has 3 nitrogen and oxygen atoms in total. The number of aryl methyl sites for hydroxylation is 1. The first-order valence-electron chi connectivity index (χ1n) is 8.77. The van der Waals surface area contributed by atoms with Crippen molar-refractivity contribution in [2.45, 2.75) is 58.3 Å². The molecule has 1 aromatic carbocycles. The maximum Gasteiger partial charge on any atom is 0.391 e. The molecule has 1 aromatic heterocycles. The van der Waals surface area contributed by atoms with Gasteiger partial charge in [0.25, 0.3) is 0 Å². The van der Waals surface area contributed by atoms with Gasteiger partial charge in [-0.3, -0.25) is 0 Å². The van der Waals surface area contributed by atoms with Crippen molar-refractivity contribution in [3.05, 3.63) is 47.3 Å². The van der Waals surface area contributed by atoms with Crippen LogP contribution in [0, 0.1) is 19.8 Å². The van der Waals surface area contributed by atoms with Crippen molar-refractivity contribution in [3.8, 4) is 5.69 Å². The Morgan fingerprint density at radius 2 is 1.72 bits per heavy atom. The van der Waals surface area contributed by atoms with Crippen LogP contribution in [0.25, 0.3) is 5.69 Å². The number of nitrogens with one attached hydrogen (secondary N) is 1. The second-order valence-corrected chi connectivity index (χ2v) is 6.87. The zero-order chi connectivity index (χ0) is 18.0. The number of benzene rings is 1. The van der Waals surface area contributed by atoms with E-state index in [9.17, 15) is 13.2 Å². The molecule has 0 bridgehead atoms. The van der Waals surface area contributed by atoms with Crippen molar-refractivity contribution in [3.63, 3.8) is 0 Å². The fourth-order valence-corrected chi connectivity index (χ4v) is 3.62. The number of hydrogen-bond donors (Lipinski definition) is 1. The van der Waals surface area contributed by atoms with Crippen molar-refractivity contribution < 1.29 is 13.2 Å². The lowest BCUT2D eigenvalue weighted by Gasteiger charge is -2.30. The van der Waals surface area contributed by atoms with Crippen molar-refractivity contribution >= 4 is 0 Å². The van der Waals surface area contributed by atoms with Crippen LogP contribution in [-0.4, -0.2) is 22.0 Å². The lowest BCUT2D eigenvalue weighted by Crippen LogP contribution is -2.36. The molecule has 1 fully saturated rings. The highest BCUT2D eigenvalue weighted by Gasteiger charge is 2.41. The standard InChI is InChI=1S/C19H24F3N3/c1-13-18(14(2)25(24-13)17-6-4-3-5-7-17)12-23-16-10-8-15(9-11-16)19(20,21)22/h3-7,15-16,23H,8-12H2,1-2H3. The Balaban J connectivity index is 1.62. The molecule has 6 heteroatoms. The predicted molar refractivity (Wildman–Crippen MR) is 91.7 cm³/mol. The summed E-state index contributed by atoms with van der Waals surface area (Å²) < 4.78 is 40.2. The Labute approximate surface area is 146 Å². The highest BCUT2D eigenvalue weighted by Crippen LogP contribution is 2.37. The average molecular weight is 351 g/mol. The Morgan fingerprint density at radius 3 is 2.32 bits per heavy atom. The van der Waals surface area contributed by atoms with Crippen LogP contribution in [0.15, 0.2) is 30.3 Å². The summed E-state index contributed by atoms with van der Waals surface area (Å²) in [5.41, 5.74) is 4.17. The summed E-state index contributed by atoms with van der Waals surface area (Å²) in [6.45, 7) is 4.65. The maximum absolute atomic E-state index is 12.8. The molecule has 0 atom stereocenters. The van der Waals surface area contributed by atoms with E-state index in [0.29, 0.717) is 19.4 Å². The van der Waals surface area contributed by atoms with Gasteiger partial charge in [0.2, 0.25) is 0 Å². The van der Waals surface area contributed by atoms with E-state index >= 15 is 0 Å². The van der Waals surface area contributed by atoms with E-state index < -0.39 is 12.1 Å². The molecule has 0 aliphatic heterocycles. The molecule has 1 saturated carbocycles. The predicted octanol–water partition coefficient (Wildman–Crippen LogP) is 4.70. The van der Waals surface area contributed by atoms with E-state index in [4.69, 9.17) is 0 Å². The van der Waals surface area contributed by atoms with Crippen molar-refractivity contribution in [1.29, 1.82) is 0 Å². The van der Waals surface area contributed by atoms with Crippen LogP contribution in [0.3, 0.4) is 0 Å². The first-order chi connectivity index (χ1) is 11.9. The van der Waals surface area contributed by atoms with Crippen LogP contribution >= 0.6 is 0 Å². The van der Waals surface area contributed by atoms with Gasteiger partial charge in [0, 0.05) is 23.8 Å². The quantitative estimate of drug-likeness (QED) is 0.865. The zero-order valence-corrected chi connectivity index (χ0v) is 14.6. The van der Waals surface area contributed by atoms with Gasteiger partial charge >= 0.3 is 6.18 Å². The Kier molecular flexibility index (Phi) is 5.18. The van der Waals surface area contributed by atoms with E-state index in [2.05, 4.69) is 10.4 Å². The van der Waals surface area contributed by atoms with Gasteiger partial charge in [0.1, 0.15) is 0 Å². The number of hydrogen-bond acceptors (Lipinski definition) is 2. The molecule has 25 heavy (non-hydrogen) atoms. The minimum atomic E-state index is -4.05. The number of aromatic nitrogens is 2. The lowest BCUT2D eigenvalue weighted by atomic mass is 9.85. The molecule has 0 amide bonds. The maximum atomic E-state index is 12.8. The number of alkyl halides is 3. The summed E-state index contributed by atoms with van der Waals surface area (Å²) >= 11 is 0. The van der Waals surface area contributed by atoms with E-state index in [1.54, 1.807) is 0 Å². The van der Waals surface area contributed by atoms with Crippen LogP contribution in [0.5, 0.6) is 0 Å². The first-order valence-corrected chi connectivity index (χ1v) is 8.77. The molecule has 1 heterocycles. The molecule has 1 N–H and O–H groups in total. The average Bonchev–Trinajstić information content (AvgIpc) is 2.88. The fourth-order valence-electron chi connectivity index (χ4n) is 3.62. The topological polar surface area (TPSA) is 29.9 Å². The van der Waals surface area contributed by atoms with Gasteiger partial charge in [-0.15, -0.1) is 0 Å². The van der Waals surface area contributed by atoms with Crippen molar-refractivity contribution in [2.24, 2.45) is 5.92 Å². The molecular formula is C19H24F3N3. The third-order valence-corrected chi connectivity index (χ3v) is 5.20. The summed E-state index contributed by atoms with van der Waals surface area (Å²) in [7, 11) is 0. The third-order valence-electron chi connectivity index (χ3n) is 5.20. The summed E-state index contributed by atoms with van der Waals surface area (Å²) in [5.74, 6) is -1.13. The monoisotopic (exact) mass is 351 g/mol. The van der Waals surface area contributed by atoms with Gasteiger partial charge in [0.05, 0.1) is 17.3 Å². The Bertz CT molecular complexity index is 699. The summed E-state index contributed by atoms with van der Waals surface area (Å²) in [5, 5.41) is 8.05. The fraction of sp³-hybridized carbons (Fsp3) is 0.526. The van der Waals surface area contributed by atoms with Gasteiger partial charge < -0.3 is 5.32 Å². The summed E-state index contributed by atoms with van der Waals surface area (Å²) in [6.07, 6.45) is -2.44. The summed E-state index contributed by atoms with van der Waals surface area (Å²) in [4.78, 5) is 0. The molecule has 2 aromatic rings. The van der Waals surface area contributed by atoms with Crippen LogP contribution in [0.1, 0.15) is 42.6 Å². The Hall–Kier alpha value is -1.82. The smallest absolute Gasteiger partial charge is 0.310 e. The summed E-state index contributed by atoms with van der Waals surface area (Å²) in [6, 6.07) is 10.1. The highest BCUT2D eigenvalue weighted by atomic mass is 19.4. The first kappa shape index (κ1) is 18.0. The molecule has 0 unspecified atom stereocenters. The van der Waals surface area contributed by atoms with E-state index in [-0.39, 0.29) is 18.9 Å². The molecule has 3 rings (SSSR count). The largest absolute Gasteiger partial charge is 0.391 e. The van der Waals surface area contributed by atoms with Gasteiger partial charge in [0.15, 0.2) is 0 Å². The lowest BCUT2D eigenvalue weighted by molar-refractivity contribution is -0.182. The second kappa shape index (κ2) is 7.20. The van der Waals surface area contributed by atoms with E-state index in [0.717, 1.165) is 22.6 Å². The number of rotatable bonds is 4. The van der Waals surface area contributed by atoms with Crippen molar-refractivity contribution in [1.82, 2.24) is 15.1 Å². The van der Waals surface area contributed by atoms with Gasteiger partial charge in [-0.2, -0.15) is 18.3 Å². The molecule has 1 aliphatic carbocycles. The molecule has 0 spiro atoms. The van der Waals surface area contributed by atoms with Crippen LogP contribution in [0.4, 0.5) is 13.2 Å². The van der Waals surface area contributed by atoms with E-state index in [1.807, 2.05) is 48.9 Å². The van der Waals surface area contributed by atoms with Crippen LogP contribution in [0.2, 0.25) is 0 Å². The minimum Gasteiger partial charge on any atom is -0.310 e. The number of nitrogens with zero attached hydrogens (tertiary/aromatic N) is 2. The SMILES string of the molecule is Cc1nn(-c2ccccc2)c(C)c1CNC1CCC(C(F)(F)F)CC1. The molecule has 0 saturated heterocycles. The third kappa shape index (κ3) is 4.06. The molecular weight excluding hydrogens is 327 g/mol. The number of para-hydroxylation sites is 1. The van der Waals surface area contributed by atoms with Gasteiger partial charge in [-0.1, -0.05) is 18.2 Å².